The molecule has 0 aromatic carbocycles. The zero-order valence-electron chi connectivity index (χ0n) is 8.43. The quantitative estimate of drug-likeness (QED) is 0.528. The predicted octanol–water partition coefficient (Wildman–Crippen LogP) is 2.11. The average molecular weight is 524 g/mol. The molecule has 1 aromatic rings. The predicted molar refractivity (Wildman–Crippen MR) is 46.3 cm³/mol. The van der Waals surface area contributed by atoms with E-state index in [9.17, 15) is 0 Å². The van der Waals surface area contributed by atoms with Crippen LogP contribution >= 0.6 is 0 Å². The summed E-state index contributed by atoms with van der Waals surface area (Å²) in [4.78, 5) is 0. The maximum absolute atomic E-state index is 3.83. The third-order valence-corrected chi connectivity index (χ3v) is 1.34. The third kappa shape index (κ3) is 6.58. The Bertz CT molecular complexity index is 197. The van der Waals surface area contributed by atoms with Crippen LogP contribution in [0.2, 0.25) is 0 Å². The SMILES string of the molecule is Cc1[n-]n[c-]c1C(C)C.[CH2-]C.[Re].[Re]. The maximum Gasteiger partial charge on any atom is 0 e. The van der Waals surface area contributed by atoms with Crippen molar-refractivity contribution in [2.24, 2.45) is 0 Å². The van der Waals surface area contributed by atoms with Crippen LogP contribution in [0.3, 0.4) is 0 Å². The Hall–Kier alpha value is 0.535. The first-order chi connectivity index (χ1) is 5.22. The van der Waals surface area contributed by atoms with Gasteiger partial charge in [-0.1, -0.05) is 19.8 Å². The van der Waals surface area contributed by atoms with E-state index in [2.05, 4.69) is 37.2 Å². The van der Waals surface area contributed by atoms with Crippen LogP contribution in [0.5, 0.6) is 0 Å². The molecule has 1 aromatic heterocycles. The molecule has 78 valence electrons. The zero-order chi connectivity index (χ0) is 8.85. The molecule has 0 bridgehead atoms. The Labute approximate surface area is 109 Å². The van der Waals surface area contributed by atoms with Gasteiger partial charge in [0.25, 0.3) is 0 Å². The van der Waals surface area contributed by atoms with Crippen molar-refractivity contribution in [3.8, 4) is 0 Å². The van der Waals surface area contributed by atoms with E-state index in [0.717, 1.165) is 11.3 Å². The molecule has 1 heterocycles. The van der Waals surface area contributed by atoms with Crippen molar-refractivity contribution in [2.45, 2.75) is 33.6 Å². The molecule has 0 aliphatic rings. The van der Waals surface area contributed by atoms with Crippen LogP contribution in [0.4, 0.5) is 0 Å². The Morgan fingerprint density at radius 2 is 1.77 bits per heavy atom. The fraction of sp³-hybridized carbons (Fsp3) is 0.556. The van der Waals surface area contributed by atoms with Gasteiger partial charge in [0.15, 0.2) is 0 Å². The van der Waals surface area contributed by atoms with Gasteiger partial charge in [0.05, 0.1) is 0 Å². The summed E-state index contributed by atoms with van der Waals surface area (Å²) in [5, 5.41) is 7.50. The van der Waals surface area contributed by atoms with Crippen molar-refractivity contribution in [2.75, 3.05) is 0 Å². The van der Waals surface area contributed by atoms with Crippen molar-refractivity contribution in [3.05, 3.63) is 24.4 Å². The van der Waals surface area contributed by atoms with Crippen LogP contribution in [0.1, 0.15) is 37.9 Å². The van der Waals surface area contributed by atoms with Crippen LogP contribution in [-0.4, -0.2) is 5.10 Å². The molecule has 0 atom stereocenters. The molecular formula is C9H15N2Re2-3. The number of hydrogen-bond acceptors (Lipinski definition) is 1. The molecular weight excluding hydrogens is 509 g/mol. The van der Waals surface area contributed by atoms with E-state index in [1.54, 1.807) is 6.92 Å². The molecule has 13 heavy (non-hydrogen) atoms. The number of aryl methyl sites for hydroxylation is 1. The monoisotopic (exact) mass is 525 g/mol. The van der Waals surface area contributed by atoms with Crippen LogP contribution in [-0.2, 0) is 40.8 Å². The molecule has 0 spiro atoms. The van der Waals surface area contributed by atoms with Gasteiger partial charge in [-0.05, 0) is 0 Å². The second-order valence-corrected chi connectivity index (χ2v) is 2.47. The smallest absolute Gasteiger partial charge is 0 e. The Kier molecular flexibility index (Phi) is 15.6. The van der Waals surface area contributed by atoms with Gasteiger partial charge in [0.1, 0.15) is 0 Å². The Morgan fingerprint density at radius 1 is 1.31 bits per heavy atom. The molecule has 0 saturated heterocycles. The first-order valence-electron chi connectivity index (χ1n) is 3.80. The number of rotatable bonds is 1. The van der Waals surface area contributed by atoms with E-state index in [-0.39, 0.29) is 40.8 Å². The van der Waals surface area contributed by atoms with E-state index in [4.69, 9.17) is 0 Å². The standard InChI is InChI=1S/C7H10N2.C2H5.2Re/c1-5(2)7-4-8-9-6(7)3;1-2;;/h5H,1-3H3;1H2,2H3;;/q-2;-1;;. The van der Waals surface area contributed by atoms with Gasteiger partial charge in [-0.15, -0.1) is 6.92 Å². The fourth-order valence-corrected chi connectivity index (χ4v) is 0.836. The van der Waals surface area contributed by atoms with E-state index in [0.29, 0.717) is 5.92 Å². The minimum Gasteiger partial charge on any atom is -0.684 e. The molecule has 0 N–H and O–H groups in total. The van der Waals surface area contributed by atoms with E-state index < -0.39 is 0 Å². The topological polar surface area (TPSA) is 27.0 Å². The number of nitrogens with zero attached hydrogens (tertiary/aromatic N) is 2. The second kappa shape index (κ2) is 10.6. The van der Waals surface area contributed by atoms with Gasteiger partial charge in [0.2, 0.25) is 0 Å². The van der Waals surface area contributed by atoms with Crippen LogP contribution in [0, 0.1) is 20.0 Å². The number of hydrogen-bond donors (Lipinski definition) is 0. The minimum atomic E-state index is 0. The third-order valence-electron chi connectivity index (χ3n) is 1.34. The van der Waals surface area contributed by atoms with E-state index >= 15 is 0 Å². The average Bonchev–Trinajstić information content (AvgIpc) is 2.39. The molecule has 1 rings (SSSR count). The summed E-state index contributed by atoms with van der Waals surface area (Å²) >= 11 is 0. The summed E-state index contributed by atoms with van der Waals surface area (Å²) in [6.45, 7) is 11.2. The molecule has 2 nitrogen and oxygen atoms in total. The molecule has 0 unspecified atom stereocenters. The summed E-state index contributed by atoms with van der Waals surface area (Å²) in [7, 11) is 0. The summed E-state index contributed by atoms with van der Waals surface area (Å²) < 4.78 is 0. The van der Waals surface area contributed by atoms with Crippen LogP contribution in [0.15, 0.2) is 0 Å². The maximum atomic E-state index is 3.83. The fourth-order valence-electron chi connectivity index (χ4n) is 0.836. The molecule has 0 aliphatic carbocycles. The van der Waals surface area contributed by atoms with Crippen LogP contribution in [0.25, 0.3) is 0 Å². The van der Waals surface area contributed by atoms with Gasteiger partial charge in [-0.2, -0.15) is 13.1 Å². The van der Waals surface area contributed by atoms with E-state index in [1.165, 1.54) is 0 Å². The summed E-state index contributed by atoms with van der Waals surface area (Å²) in [6, 6.07) is 0. The van der Waals surface area contributed by atoms with Gasteiger partial charge in [0, 0.05) is 40.8 Å². The molecule has 0 saturated carbocycles. The summed E-state index contributed by atoms with van der Waals surface area (Å²) in [5.74, 6) is 0.500. The largest absolute Gasteiger partial charge is 0.684 e. The first kappa shape index (κ1) is 19.2. The minimum absolute atomic E-state index is 0. The molecule has 2 radical (unpaired) electrons. The Balaban J connectivity index is -0.000000234. The first-order valence-corrected chi connectivity index (χ1v) is 3.80. The zero-order valence-corrected chi connectivity index (χ0v) is 13.9. The van der Waals surface area contributed by atoms with Crippen molar-refractivity contribution in [3.63, 3.8) is 0 Å². The van der Waals surface area contributed by atoms with Crippen molar-refractivity contribution in [1.29, 1.82) is 0 Å². The number of aromatic nitrogens is 2. The van der Waals surface area contributed by atoms with Crippen molar-refractivity contribution < 1.29 is 40.8 Å². The van der Waals surface area contributed by atoms with Crippen molar-refractivity contribution >= 4 is 0 Å². The van der Waals surface area contributed by atoms with Gasteiger partial charge >= 0.3 is 0 Å². The van der Waals surface area contributed by atoms with Gasteiger partial charge in [-0.3, -0.25) is 0 Å². The van der Waals surface area contributed by atoms with Gasteiger partial charge < -0.3 is 22.8 Å². The molecule has 0 fully saturated rings. The molecule has 0 aliphatic heterocycles. The Morgan fingerprint density at radius 3 is 1.92 bits per heavy atom. The van der Waals surface area contributed by atoms with Crippen molar-refractivity contribution in [1.82, 2.24) is 10.2 Å². The van der Waals surface area contributed by atoms with E-state index in [1.807, 2.05) is 6.92 Å². The normalized spacial score (nSPS) is 7.85. The summed E-state index contributed by atoms with van der Waals surface area (Å²) in [6.07, 6.45) is 2.84. The second-order valence-electron chi connectivity index (χ2n) is 2.47. The molecule has 0 amide bonds. The molecule has 4 heteroatoms. The van der Waals surface area contributed by atoms with Gasteiger partial charge in [-0.25, -0.2) is 5.56 Å². The summed E-state index contributed by atoms with van der Waals surface area (Å²) in [5.41, 5.74) is 2.14. The van der Waals surface area contributed by atoms with Crippen LogP contribution < -0.4 is 5.10 Å².